The van der Waals surface area contributed by atoms with Crippen LogP contribution in [0.4, 0.5) is 0 Å². The molecule has 1 nitrogen and oxygen atoms in total. The Balaban J connectivity index is 0.000000640. The second-order valence-electron chi connectivity index (χ2n) is 2.36. The van der Waals surface area contributed by atoms with Crippen LogP contribution in [0.5, 0.6) is 0 Å². The Labute approximate surface area is 83.1 Å². The zero-order valence-corrected chi connectivity index (χ0v) is 8.85. The fourth-order valence-electron chi connectivity index (χ4n) is 1.15. The van der Waals surface area contributed by atoms with Crippen molar-refractivity contribution in [3.05, 3.63) is 13.3 Å². The molecule has 1 aliphatic heterocycles. The van der Waals surface area contributed by atoms with E-state index in [1.165, 1.54) is 13.0 Å². The zero-order chi connectivity index (χ0) is 5.98. The number of hydrogen-bond acceptors (Lipinski definition) is 1. The molecule has 1 rings (SSSR count). The van der Waals surface area contributed by atoms with E-state index in [0.717, 1.165) is 6.42 Å². The molecule has 0 saturated carbocycles. The smallest absolute Gasteiger partial charge is 0 e. The molecule has 0 amide bonds. The third kappa shape index (κ3) is 2.65. The van der Waals surface area contributed by atoms with E-state index in [9.17, 15) is 0 Å². The Bertz CT molecular complexity index is 75.3. The maximum atomic E-state index is 3.85. The average Bonchev–Trinajstić information content (AvgIpc) is 2.14. The molecule has 1 unspecified atom stereocenters. The van der Waals surface area contributed by atoms with E-state index in [2.05, 4.69) is 25.3 Å². The van der Waals surface area contributed by atoms with Gasteiger partial charge in [0.1, 0.15) is 0 Å². The summed E-state index contributed by atoms with van der Waals surface area (Å²) in [5, 5.41) is 0. The molecule has 0 aromatic heterocycles. The molecule has 51 valence electrons. The van der Waals surface area contributed by atoms with Crippen molar-refractivity contribution in [1.82, 2.24) is 4.90 Å². The van der Waals surface area contributed by atoms with Crippen LogP contribution in [-0.2, 0) is 32.7 Å². The van der Waals surface area contributed by atoms with Crippen molar-refractivity contribution in [2.45, 2.75) is 18.9 Å². The van der Waals surface area contributed by atoms with Crippen LogP contribution in [-0.4, -0.2) is 24.5 Å². The Morgan fingerprint density at radius 1 is 1.78 bits per heavy atom. The Morgan fingerprint density at radius 2 is 2.44 bits per heavy atom. The molecule has 1 saturated heterocycles. The Morgan fingerprint density at radius 3 is 2.67 bits per heavy atom. The molecule has 1 fully saturated rings. The van der Waals surface area contributed by atoms with Gasteiger partial charge in [-0.1, -0.05) is 0 Å². The molecule has 1 aliphatic rings. The maximum absolute atomic E-state index is 3.85. The van der Waals surface area contributed by atoms with Gasteiger partial charge in [-0.25, -0.2) is 0 Å². The van der Waals surface area contributed by atoms with E-state index in [1.54, 1.807) is 0 Å². The minimum Gasteiger partial charge on any atom is -0.344 e. The third-order valence-corrected chi connectivity index (χ3v) is 1.78. The van der Waals surface area contributed by atoms with Gasteiger partial charge in [0, 0.05) is 32.7 Å². The Hall–Kier alpha value is 1.06. The van der Waals surface area contributed by atoms with Crippen LogP contribution in [0.3, 0.4) is 0 Å². The van der Waals surface area contributed by atoms with Crippen LogP contribution in [0.15, 0.2) is 0 Å². The van der Waals surface area contributed by atoms with Crippen LogP contribution in [0.1, 0.15) is 12.8 Å². The number of likely N-dealkylation sites (tertiary alicyclic amines) is 1. The fraction of sp³-hybridized carbons (Fsp3) is 0.714. The molecule has 0 N–H and O–H groups in total. The molecular weight excluding hydrogens is 187 g/mol. The maximum Gasteiger partial charge on any atom is 0 e. The first-order chi connectivity index (χ1) is 3.84. The standard InChI is InChI=1S/C7H13N.Y/c1-3-7-5-4-6-8(7)2;/h5,7H,1,3-4,6H2,2H3;/q-2;. The summed E-state index contributed by atoms with van der Waals surface area (Å²) in [6.45, 7) is 5.07. The summed E-state index contributed by atoms with van der Waals surface area (Å²) < 4.78 is 0. The molecule has 1 heterocycles. The molecule has 0 aromatic rings. The topological polar surface area (TPSA) is 3.24 Å². The quantitative estimate of drug-likeness (QED) is 0.573. The molecule has 0 bridgehead atoms. The number of nitrogens with zero attached hydrogens (tertiary/aromatic N) is 1. The first-order valence-electron chi connectivity index (χ1n) is 3.17. The second kappa shape index (κ2) is 4.81. The van der Waals surface area contributed by atoms with Gasteiger partial charge in [-0.15, -0.1) is 6.04 Å². The van der Waals surface area contributed by atoms with Gasteiger partial charge < -0.3 is 18.2 Å². The summed E-state index contributed by atoms with van der Waals surface area (Å²) in [7, 11) is 2.15. The van der Waals surface area contributed by atoms with Crippen molar-refractivity contribution in [3.8, 4) is 0 Å². The fourth-order valence-corrected chi connectivity index (χ4v) is 1.15. The second-order valence-corrected chi connectivity index (χ2v) is 2.36. The molecule has 1 atom stereocenters. The van der Waals surface area contributed by atoms with Crippen LogP contribution >= 0.6 is 0 Å². The van der Waals surface area contributed by atoms with Crippen molar-refractivity contribution in [2.75, 3.05) is 13.6 Å². The SMILES string of the molecule is [CH2-]CC1[CH-]CCN1C.[Y]. The first kappa shape index (κ1) is 10.1. The summed E-state index contributed by atoms with van der Waals surface area (Å²) in [5.41, 5.74) is 0. The van der Waals surface area contributed by atoms with Crippen molar-refractivity contribution < 1.29 is 32.7 Å². The van der Waals surface area contributed by atoms with E-state index >= 15 is 0 Å². The third-order valence-electron chi connectivity index (χ3n) is 1.78. The summed E-state index contributed by atoms with van der Waals surface area (Å²) in [6, 6.07) is 0.662. The minimum absolute atomic E-state index is 0. The Kier molecular flexibility index (Phi) is 5.38. The summed E-state index contributed by atoms with van der Waals surface area (Å²) in [6.07, 6.45) is 4.61. The first-order valence-corrected chi connectivity index (χ1v) is 3.17. The molecule has 9 heavy (non-hydrogen) atoms. The summed E-state index contributed by atoms with van der Waals surface area (Å²) in [5.74, 6) is 0. The number of rotatable bonds is 1. The monoisotopic (exact) mass is 200 g/mol. The zero-order valence-electron chi connectivity index (χ0n) is 6.01. The average molecular weight is 200 g/mol. The number of hydrogen-bond donors (Lipinski definition) is 0. The van der Waals surface area contributed by atoms with Crippen LogP contribution in [0.25, 0.3) is 0 Å². The van der Waals surface area contributed by atoms with Gasteiger partial charge in [-0.05, 0) is 13.6 Å². The van der Waals surface area contributed by atoms with Crippen molar-refractivity contribution >= 4 is 0 Å². The molecule has 0 aliphatic carbocycles. The minimum atomic E-state index is 0. The predicted octanol–water partition coefficient (Wildman–Crippen LogP) is 1.12. The van der Waals surface area contributed by atoms with Gasteiger partial charge in [0.2, 0.25) is 0 Å². The van der Waals surface area contributed by atoms with Gasteiger partial charge in [0.15, 0.2) is 0 Å². The van der Waals surface area contributed by atoms with E-state index < -0.39 is 0 Å². The van der Waals surface area contributed by atoms with E-state index in [1.807, 2.05) is 0 Å². The van der Waals surface area contributed by atoms with Crippen molar-refractivity contribution in [2.24, 2.45) is 0 Å². The van der Waals surface area contributed by atoms with Gasteiger partial charge >= 0.3 is 0 Å². The molecule has 1 radical (unpaired) electrons. The molecule has 2 heteroatoms. The predicted molar refractivity (Wildman–Crippen MR) is 35.3 cm³/mol. The molecule has 0 spiro atoms. The summed E-state index contributed by atoms with van der Waals surface area (Å²) in [4.78, 5) is 2.34. The van der Waals surface area contributed by atoms with E-state index in [0.29, 0.717) is 6.04 Å². The van der Waals surface area contributed by atoms with Gasteiger partial charge in [-0.3, -0.25) is 0 Å². The van der Waals surface area contributed by atoms with Gasteiger partial charge in [0.25, 0.3) is 0 Å². The van der Waals surface area contributed by atoms with E-state index in [-0.39, 0.29) is 32.7 Å². The largest absolute Gasteiger partial charge is 0.344 e. The van der Waals surface area contributed by atoms with Crippen LogP contribution in [0.2, 0.25) is 0 Å². The van der Waals surface area contributed by atoms with Crippen molar-refractivity contribution in [3.63, 3.8) is 0 Å². The van der Waals surface area contributed by atoms with Gasteiger partial charge in [0.05, 0.1) is 0 Å². The van der Waals surface area contributed by atoms with Crippen LogP contribution < -0.4 is 0 Å². The van der Waals surface area contributed by atoms with Crippen molar-refractivity contribution in [1.29, 1.82) is 0 Å². The molecule has 0 aromatic carbocycles. The molecular formula is C7H13NY-2. The van der Waals surface area contributed by atoms with Crippen LogP contribution in [0, 0.1) is 13.3 Å². The summed E-state index contributed by atoms with van der Waals surface area (Å²) >= 11 is 0. The normalized spacial score (nSPS) is 28.0. The van der Waals surface area contributed by atoms with Gasteiger partial charge in [-0.2, -0.15) is 12.8 Å². The van der Waals surface area contributed by atoms with E-state index in [4.69, 9.17) is 0 Å².